The molecule has 0 aliphatic heterocycles. The van der Waals surface area contributed by atoms with Gasteiger partial charge in [0.15, 0.2) is 0 Å². The number of anilines is 2. The molecule has 7 nitrogen and oxygen atoms in total. The van der Waals surface area contributed by atoms with Crippen LogP contribution in [0, 0.1) is 10.1 Å². The maximum atomic E-state index is 11.1. The fourth-order valence-electron chi connectivity index (χ4n) is 1.84. The highest BCUT2D eigenvalue weighted by atomic mass is 35.5. The van der Waals surface area contributed by atoms with Crippen molar-refractivity contribution in [3.63, 3.8) is 0 Å². The van der Waals surface area contributed by atoms with E-state index in [1.807, 2.05) is 0 Å². The lowest BCUT2D eigenvalue weighted by Crippen LogP contribution is -2.02. The van der Waals surface area contributed by atoms with Gasteiger partial charge in [-0.15, -0.1) is 0 Å². The molecule has 0 aliphatic carbocycles. The molecule has 2 aromatic rings. The molecule has 0 atom stereocenters. The van der Waals surface area contributed by atoms with Gasteiger partial charge in [0.1, 0.15) is 11.4 Å². The topological polar surface area (TPSA) is 102 Å². The number of nitrogens with one attached hydrogen (secondary N) is 1. The fourth-order valence-corrected chi connectivity index (χ4v) is 2.02. The Morgan fingerprint density at radius 2 is 2.00 bits per heavy atom. The normalized spacial score (nSPS) is 10.1. The number of carboxylic acid groups (broad SMARTS) is 1. The molecule has 8 heteroatoms. The van der Waals surface area contributed by atoms with E-state index in [0.29, 0.717) is 16.5 Å². The molecule has 2 aromatic carbocycles. The molecule has 0 aromatic heterocycles. The third-order valence-corrected chi connectivity index (χ3v) is 3.11. The second-order valence-electron chi connectivity index (χ2n) is 4.26. The lowest BCUT2D eigenvalue weighted by atomic mass is 10.1. The van der Waals surface area contributed by atoms with Crippen LogP contribution >= 0.6 is 11.6 Å². The Morgan fingerprint density at radius 1 is 1.27 bits per heavy atom. The number of nitrogens with zero attached hydrogens (tertiary/aromatic N) is 1. The molecule has 0 bridgehead atoms. The summed E-state index contributed by atoms with van der Waals surface area (Å²) in [7, 11) is 1.45. The molecule has 2 rings (SSSR count). The molecule has 0 amide bonds. The Bertz CT molecular complexity index is 748. The van der Waals surface area contributed by atoms with Crippen molar-refractivity contribution in [2.24, 2.45) is 0 Å². The van der Waals surface area contributed by atoms with Gasteiger partial charge in [0.2, 0.25) is 0 Å². The third-order valence-electron chi connectivity index (χ3n) is 2.87. The van der Waals surface area contributed by atoms with E-state index < -0.39 is 10.9 Å². The first-order chi connectivity index (χ1) is 10.4. The van der Waals surface area contributed by atoms with Crippen molar-refractivity contribution < 1.29 is 19.6 Å². The number of nitro benzene ring substituents is 1. The van der Waals surface area contributed by atoms with E-state index in [9.17, 15) is 14.9 Å². The quantitative estimate of drug-likeness (QED) is 0.643. The lowest BCUT2D eigenvalue weighted by Gasteiger charge is -2.12. The van der Waals surface area contributed by atoms with Crippen LogP contribution < -0.4 is 10.1 Å². The van der Waals surface area contributed by atoms with Gasteiger partial charge >= 0.3 is 5.97 Å². The van der Waals surface area contributed by atoms with Crippen molar-refractivity contribution in [1.29, 1.82) is 0 Å². The SMILES string of the molecule is COc1ccc(Cl)cc1Nc1ccc(C(=O)O)cc1[N+](=O)[O-]. The number of carbonyl (C=O) groups is 1. The summed E-state index contributed by atoms with van der Waals surface area (Å²) >= 11 is 5.90. The van der Waals surface area contributed by atoms with Crippen LogP contribution in [0.4, 0.5) is 17.1 Å². The molecule has 0 aliphatic rings. The van der Waals surface area contributed by atoms with Gasteiger partial charge in [0.05, 0.1) is 23.3 Å². The molecule has 22 heavy (non-hydrogen) atoms. The summed E-state index contributed by atoms with van der Waals surface area (Å²) < 4.78 is 5.15. The summed E-state index contributed by atoms with van der Waals surface area (Å²) in [5.74, 6) is -0.795. The van der Waals surface area contributed by atoms with Crippen LogP contribution in [-0.4, -0.2) is 23.1 Å². The van der Waals surface area contributed by atoms with Crippen LogP contribution in [0.5, 0.6) is 5.75 Å². The molecule has 0 radical (unpaired) electrons. The third kappa shape index (κ3) is 3.26. The molecule has 2 N–H and O–H groups in total. The lowest BCUT2D eigenvalue weighted by molar-refractivity contribution is -0.383. The van der Waals surface area contributed by atoms with Gasteiger partial charge < -0.3 is 15.2 Å². The predicted octanol–water partition coefficient (Wildman–Crippen LogP) is 3.70. The highest BCUT2D eigenvalue weighted by Crippen LogP contribution is 2.34. The molecule has 0 heterocycles. The van der Waals surface area contributed by atoms with E-state index >= 15 is 0 Å². The molecule has 0 saturated heterocycles. The Kier molecular flexibility index (Phi) is 4.47. The van der Waals surface area contributed by atoms with Crippen molar-refractivity contribution in [3.8, 4) is 5.75 Å². The van der Waals surface area contributed by atoms with Gasteiger partial charge in [-0.25, -0.2) is 4.79 Å². The van der Waals surface area contributed by atoms with Gasteiger partial charge in [-0.3, -0.25) is 10.1 Å². The Morgan fingerprint density at radius 3 is 2.59 bits per heavy atom. The number of rotatable bonds is 5. The smallest absolute Gasteiger partial charge is 0.335 e. The van der Waals surface area contributed by atoms with E-state index in [1.54, 1.807) is 18.2 Å². The number of halogens is 1. The average molecular weight is 323 g/mol. The van der Waals surface area contributed by atoms with Crippen molar-refractivity contribution in [2.75, 3.05) is 12.4 Å². The molecular formula is C14H11ClN2O5. The Hall–Kier alpha value is -2.80. The Labute approximate surface area is 130 Å². The Balaban J connectivity index is 2.47. The summed E-state index contributed by atoms with van der Waals surface area (Å²) in [5.41, 5.74) is 0.0361. The molecular weight excluding hydrogens is 312 g/mol. The van der Waals surface area contributed by atoms with Gasteiger partial charge in [-0.05, 0) is 30.3 Å². The summed E-state index contributed by atoms with van der Waals surface area (Å²) in [6, 6.07) is 8.36. The van der Waals surface area contributed by atoms with Gasteiger partial charge in [-0.1, -0.05) is 11.6 Å². The number of nitro groups is 1. The van der Waals surface area contributed by atoms with E-state index in [4.69, 9.17) is 21.4 Å². The minimum absolute atomic E-state index is 0.135. The summed E-state index contributed by atoms with van der Waals surface area (Å²) in [6.07, 6.45) is 0. The van der Waals surface area contributed by atoms with Crippen LogP contribution in [0.25, 0.3) is 0 Å². The highest BCUT2D eigenvalue weighted by Gasteiger charge is 2.18. The van der Waals surface area contributed by atoms with Crippen LogP contribution in [0.15, 0.2) is 36.4 Å². The summed E-state index contributed by atoms with van der Waals surface area (Å²) in [6.45, 7) is 0. The number of ether oxygens (including phenoxy) is 1. The number of carboxylic acids is 1. The zero-order chi connectivity index (χ0) is 16.3. The van der Waals surface area contributed by atoms with E-state index in [0.717, 1.165) is 6.07 Å². The fraction of sp³-hybridized carbons (Fsp3) is 0.0714. The van der Waals surface area contributed by atoms with Crippen LogP contribution in [0.2, 0.25) is 5.02 Å². The number of methoxy groups -OCH3 is 1. The first kappa shape index (κ1) is 15.6. The van der Waals surface area contributed by atoms with Crippen molar-refractivity contribution in [3.05, 3.63) is 57.1 Å². The van der Waals surface area contributed by atoms with Gasteiger partial charge in [0, 0.05) is 11.1 Å². The first-order valence-electron chi connectivity index (χ1n) is 6.04. The summed E-state index contributed by atoms with van der Waals surface area (Å²) in [4.78, 5) is 21.4. The van der Waals surface area contributed by atoms with E-state index in [-0.39, 0.29) is 16.9 Å². The molecule has 0 spiro atoms. The number of aromatic carboxylic acids is 1. The van der Waals surface area contributed by atoms with E-state index in [2.05, 4.69) is 5.32 Å². The molecule has 0 saturated carbocycles. The minimum atomic E-state index is -1.24. The maximum absolute atomic E-state index is 11.1. The largest absolute Gasteiger partial charge is 0.495 e. The molecule has 114 valence electrons. The zero-order valence-electron chi connectivity index (χ0n) is 11.4. The van der Waals surface area contributed by atoms with Crippen molar-refractivity contribution in [1.82, 2.24) is 0 Å². The first-order valence-corrected chi connectivity index (χ1v) is 6.42. The standard InChI is InChI=1S/C14H11ClN2O5/c1-22-13-5-3-9(15)7-11(13)16-10-4-2-8(14(18)19)6-12(10)17(20)21/h2-7,16H,1H3,(H,18,19). The number of hydrogen-bond acceptors (Lipinski definition) is 5. The molecule has 0 fully saturated rings. The van der Waals surface area contributed by atoms with Crippen LogP contribution in [0.3, 0.4) is 0 Å². The van der Waals surface area contributed by atoms with Crippen molar-refractivity contribution >= 4 is 34.6 Å². The monoisotopic (exact) mass is 322 g/mol. The minimum Gasteiger partial charge on any atom is -0.495 e. The average Bonchev–Trinajstić information content (AvgIpc) is 2.47. The number of benzene rings is 2. The highest BCUT2D eigenvalue weighted by molar-refractivity contribution is 6.31. The van der Waals surface area contributed by atoms with E-state index in [1.165, 1.54) is 19.2 Å². The second-order valence-corrected chi connectivity index (χ2v) is 4.70. The maximum Gasteiger partial charge on any atom is 0.335 e. The van der Waals surface area contributed by atoms with Gasteiger partial charge in [-0.2, -0.15) is 0 Å². The second kappa shape index (κ2) is 6.31. The predicted molar refractivity (Wildman–Crippen MR) is 81.3 cm³/mol. The molecule has 0 unspecified atom stereocenters. The zero-order valence-corrected chi connectivity index (χ0v) is 12.1. The van der Waals surface area contributed by atoms with Crippen molar-refractivity contribution in [2.45, 2.75) is 0 Å². The van der Waals surface area contributed by atoms with Gasteiger partial charge in [0.25, 0.3) is 5.69 Å². The van der Waals surface area contributed by atoms with Crippen LogP contribution in [0.1, 0.15) is 10.4 Å². The summed E-state index contributed by atoms with van der Waals surface area (Å²) in [5, 5.41) is 23.3. The van der Waals surface area contributed by atoms with Crippen LogP contribution in [-0.2, 0) is 0 Å². The number of hydrogen-bond donors (Lipinski definition) is 2.